The average molecular weight is 274 g/mol. The van der Waals surface area contributed by atoms with Gasteiger partial charge >= 0.3 is 0 Å². The molecule has 1 atom stereocenters. The number of fused-ring (bicyclic) bond motifs is 2. The molecule has 1 heterocycles. The van der Waals surface area contributed by atoms with Gasteiger partial charge in [-0.15, -0.1) is 11.8 Å². The summed E-state index contributed by atoms with van der Waals surface area (Å²) in [4.78, 5) is 1.52. The van der Waals surface area contributed by atoms with Crippen molar-refractivity contribution in [3.8, 4) is 0 Å². The zero-order valence-corrected chi connectivity index (χ0v) is 12.1. The fraction of sp³-hybridized carbons (Fsp3) is 0.158. The molecule has 1 heteroatoms. The third kappa shape index (κ3) is 1.29. The van der Waals surface area contributed by atoms with Gasteiger partial charge in [-0.05, 0) is 50.4 Å². The zero-order valence-electron chi connectivity index (χ0n) is 11.3. The Kier molecular flexibility index (Phi) is 2.02. The molecule has 4 aromatic carbocycles. The molecule has 0 nitrogen and oxygen atoms in total. The maximum absolute atomic E-state index is 2.42. The van der Waals surface area contributed by atoms with Gasteiger partial charge in [0.15, 0.2) is 0 Å². The highest BCUT2D eigenvalue weighted by Crippen LogP contribution is 2.46. The van der Waals surface area contributed by atoms with Crippen LogP contribution >= 0.6 is 11.8 Å². The predicted octanol–water partition coefficient (Wildman–Crippen LogP) is 5.62. The smallest absolute Gasteiger partial charge is 0.0186 e. The van der Waals surface area contributed by atoms with Gasteiger partial charge < -0.3 is 0 Å². The highest BCUT2D eigenvalue weighted by Gasteiger charge is 2.22. The van der Waals surface area contributed by atoms with Gasteiger partial charge in [0.2, 0.25) is 0 Å². The minimum atomic E-state index is 0.708. The fourth-order valence-corrected chi connectivity index (χ4v) is 4.94. The van der Waals surface area contributed by atoms with E-state index in [1.807, 2.05) is 11.8 Å². The van der Waals surface area contributed by atoms with Gasteiger partial charge in [0.25, 0.3) is 0 Å². The summed E-state index contributed by atoms with van der Waals surface area (Å²) < 4.78 is 0. The van der Waals surface area contributed by atoms with Gasteiger partial charge in [0, 0.05) is 10.1 Å². The van der Waals surface area contributed by atoms with E-state index in [1.54, 1.807) is 0 Å². The largest absolute Gasteiger partial charge is 0.122 e. The SMILES string of the molecule is CC1Cc2cc3ccc4cccc5ccc(c2S1)c3c45. The lowest BCUT2D eigenvalue weighted by atomic mass is 9.92. The van der Waals surface area contributed by atoms with Crippen molar-refractivity contribution in [3.63, 3.8) is 0 Å². The summed E-state index contributed by atoms with van der Waals surface area (Å²) in [5.74, 6) is 0. The molecule has 1 aliphatic heterocycles. The van der Waals surface area contributed by atoms with Crippen LogP contribution in [0.15, 0.2) is 53.4 Å². The molecule has 0 fully saturated rings. The summed E-state index contributed by atoms with van der Waals surface area (Å²) >= 11 is 2.04. The van der Waals surface area contributed by atoms with E-state index in [0.29, 0.717) is 5.25 Å². The van der Waals surface area contributed by atoms with Crippen LogP contribution in [-0.4, -0.2) is 5.25 Å². The van der Waals surface area contributed by atoms with E-state index in [9.17, 15) is 0 Å². The second kappa shape index (κ2) is 3.67. The summed E-state index contributed by atoms with van der Waals surface area (Å²) in [5.41, 5.74) is 1.54. The summed E-state index contributed by atoms with van der Waals surface area (Å²) in [6, 6.07) is 18.2. The maximum Gasteiger partial charge on any atom is 0.0186 e. The van der Waals surface area contributed by atoms with Crippen molar-refractivity contribution in [3.05, 3.63) is 54.1 Å². The minimum Gasteiger partial charge on any atom is -0.122 e. The molecular formula is C19H14S. The van der Waals surface area contributed by atoms with Crippen LogP contribution in [0.3, 0.4) is 0 Å². The first-order valence-electron chi connectivity index (χ1n) is 7.17. The van der Waals surface area contributed by atoms with Crippen LogP contribution in [0.5, 0.6) is 0 Å². The Morgan fingerprint density at radius 1 is 0.900 bits per heavy atom. The molecule has 0 bridgehead atoms. The second-order valence-electron chi connectivity index (χ2n) is 5.85. The molecule has 0 amide bonds. The van der Waals surface area contributed by atoms with Crippen molar-refractivity contribution >= 4 is 44.1 Å². The van der Waals surface area contributed by atoms with Gasteiger partial charge in [-0.1, -0.05) is 49.4 Å². The highest BCUT2D eigenvalue weighted by molar-refractivity contribution is 8.00. The molecule has 1 unspecified atom stereocenters. The number of benzene rings is 4. The molecule has 20 heavy (non-hydrogen) atoms. The van der Waals surface area contributed by atoms with Crippen LogP contribution in [0.2, 0.25) is 0 Å². The Labute approximate surface area is 122 Å². The first-order chi connectivity index (χ1) is 9.81. The molecule has 0 spiro atoms. The highest BCUT2D eigenvalue weighted by atomic mass is 32.2. The normalized spacial score (nSPS) is 18.4. The number of hydrogen-bond donors (Lipinski definition) is 0. The molecule has 96 valence electrons. The lowest BCUT2D eigenvalue weighted by molar-refractivity contribution is 0.964. The van der Waals surface area contributed by atoms with Crippen molar-refractivity contribution in [2.75, 3.05) is 0 Å². The molecule has 5 rings (SSSR count). The Morgan fingerprint density at radius 3 is 2.50 bits per heavy atom. The Morgan fingerprint density at radius 2 is 1.65 bits per heavy atom. The van der Waals surface area contributed by atoms with Gasteiger partial charge in [-0.3, -0.25) is 0 Å². The molecule has 0 saturated heterocycles. The lowest BCUT2D eigenvalue weighted by Crippen LogP contribution is -1.91. The van der Waals surface area contributed by atoms with E-state index in [1.165, 1.54) is 49.2 Å². The topological polar surface area (TPSA) is 0 Å². The monoisotopic (exact) mass is 274 g/mol. The maximum atomic E-state index is 2.42. The number of thioether (sulfide) groups is 1. The zero-order chi connectivity index (χ0) is 13.3. The predicted molar refractivity (Wildman–Crippen MR) is 89.2 cm³/mol. The van der Waals surface area contributed by atoms with E-state index in [0.717, 1.165) is 0 Å². The van der Waals surface area contributed by atoms with E-state index in [2.05, 4.69) is 55.5 Å². The van der Waals surface area contributed by atoms with E-state index < -0.39 is 0 Å². The van der Waals surface area contributed by atoms with Crippen molar-refractivity contribution < 1.29 is 0 Å². The molecular weight excluding hydrogens is 260 g/mol. The summed E-state index contributed by atoms with van der Waals surface area (Å²) in [5, 5.41) is 9.17. The van der Waals surface area contributed by atoms with Crippen molar-refractivity contribution in [1.29, 1.82) is 0 Å². The fourth-order valence-electron chi connectivity index (χ4n) is 3.69. The van der Waals surface area contributed by atoms with Crippen molar-refractivity contribution in [2.24, 2.45) is 0 Å². The summed E-state index contributed by atoms with van der Waals surface area (Å²) in [7, 11) is 0. The average Bonchev–Trinajstić information content (AvgIpc) is 2.84. The number of rotatable bonds is 0. The van der Waals surface area contributed by atoms with E-state index in [4.69, 9.17) is 0 Å². The van der Waals surface area contributed by atoms with E-state index >= 15 is 0 Å². The van der Waals surface area contributed by atoms with Gasteiger partial charge in [0.1, 0.15) is 0 Å². The number of hydrogen-bond acceptors (Lipinski definition) is 1. The lowest BCUT2D eigenvalue weighted by Gasteiger charge is -2.13. The van der Waals surface area contributed by atoms with Crippen molar-refractivity contribution in [1.82, 2.24) is 0 Å². The molecule has 4 aromatic rings. The third-order valence-electron chi connectivity index (χ3n) is 4.50. The summed E-state index contributed by atoms with van der Waals surface area (Å²) in [6.45, 7) is 2.33. The Hall–Kier alpha value is -1.73. The van der Waals surface area contributed by atoms with Crippen LogP contribution in [0.1, 0.15) is 12.5 Å². The standard InChI is InChI=1S/C19H14S/c1-11-9-15-10-14-6-5-12-3-2-4-13-7-8-16(19(15)20-11)18(14)17(12)13/h2-8,10-11H,9H2,1H3. The third-order valence-corrected chi connectivity index (χ3v) is 5.79. The van der Waals surface area contributed by atoms with Crippen LogP contribution in [0.25, 0.3) is 32.3 Å². The van der Waals surface area contributed by atoms with Crippen LogP contribution < -0.4 is 0 Å². The van der Waals surface area contributed by atoms with E-state index in [-0.39, 0.29) is 0 Å². The minimum absolute atomic E-state index is 0.708. The molecule has 0 radical (unpaired) electrons. The molecule has 1 aliphatic rings. The second-order valence-corrected chi connectivity index (χ2v) is 7.30. The van der Waals surface area contributed by atoms with Crippen LogP contribution in [-0.2, 0) is 6.42 Å². The molecule has 0 aliphatic carbocycles. The van der Waals surface area contributed by atoms with Crippen molar-refractivity contribution in [2.45, 2.75) is 23.5 Å². The van der Waals surface area contributed by atoms with Crippen LogP contribution in [0.4, 0.5) is 0 Å². The Bertz CT molecular complexity index is 952. The molecule has 0 saturated carbocycles. The van der Waals surface area contributed by atoms with Gasteiger partial charge in [-0.25, -0.2) is 0 Å². The van der Waals surface area contributed by atoms with Gasteiger partial charge in [-0.2, -0.15) is 0 Å². The summed E-state index contributed by atoms with van der Waals surface area (Å²) in [6.07, 6.45) is 1.20. The van der Waals surface area contributed by atoms with Crippen LogP contribution in [0, 0.1) is 0 Å². The molecule has 0 aromatic heterocycles. The first-order valence-corrected chi connectivity index (χ1v) is 8.05. The quantitative estimate of drug-likeness (QED) is 0.375. The Balaban J connectivity index is 2.09. The van der Waals surface area contributed by atoms with Gasteiger partial charge in [0.05, 0.1) is 0 Å². The first kappa shape index (κ1) is 11.0. The molecule has 0 N–H and O–H groups in total.